The van der Waals surface area contributed by atoms with E-state index in [0.29, 0.717) is 12.8 Å². The number of aromatic nitrogens is 2. The Balaban J connectivity index is 1.69. The Morgan fingerprint density at radius 1 is 1.00 bits per heavy atom. The lowest BCUT2D eigenvalue weighted by atomic mass is 10.0. The normalized spacial score (nSPS) is 10.7. The second-order valence-electron chi connectivity index (χ2n) is 6.91. The van der Waals surface area contributed by atoms with Gasteiger partial charge in [-0.2, -0.15) is 0 Å². The number of hydrogen-bond acceptors (Lipinski definition) is 4. The molecule has 0 atom stereocenters. The number of carbonyl (C=O) groups is 1. The molecular formula is C24H27N3O2. The summed E-state index contributed by atoms with van der Waals surface area (Å²) < 4.78 is 6.36. The van der Waals surface area contributed by atoms with Crippen LogP contribution in [0, 0.1) is 0 Å². The summed E-state index contributed by atoms with van der Waals surface area (Å²) in [5.74, 6) is 0.865. The minimum absolute atomic E-state index is 0.0937. The average Bonchev–Trinajstić information content (AvgIpc) is 2.78. The van der Waals surface area contributed by atoms with Gasteiger partial charge in [0.1, 0.15) is 11.9 Å². The summed E-state index contributed by atoms with van der Waals surface area (Å²) in [7, 11) is 0. The van der Waals surface area contributed by atoms with E-state index < -0.39 is 0 Å². The molecule has 5 heteroatoms. The van der Waals surface area contributed by atoms with Gasteiger partial charge in [-0.15, -0.1) is 0 Å². The molecule has 0 aliphatic rings. The van der Waals surface area contributed by atoms with Gasteiger partial charge in [0, 0.05) is 37.8 Å². The van der Waals surface area contributed by atoms with E-state index in [0.717, 1.165) is 41.8 Å². The molecule has 29 heavy (non-hydrogen) atoms. The van der Waals surface area contributed by atoms with Gasteiger partial charge in [0.25, 0.3) is 0 Å². The number of pyridine rings is 2. The number of amides is 1. The highest BCUT2D eigenvalue weighted by Gasteiger charge is 2.16. The molecule has 3 aromatic rings. The highest BCUT2D eigenvalue weighted by atomic mass is 16.5. The predicted molar refractivity (Wildman–Crippen MR) is 114 cm³/mol. The van der Waals surface area contributed by atoms with E-state index in [9.17, 15) is 4.79 Å². The molecule has 0 fully saturated rings. The first-order valence-corrected chi connectivity index (χ1v) is 10.1. The third-order valence-corrected chi connectivity index (χ3v) is 4.66. The summed E-state index contributed by atoms with van der Waals surface area (Å²) in [5.41, 5.74) is 3.12. The standard InChI is InChI=1S/C24H27N3O2/c1-2-3-13-27-23(28)8-7-19-5-4-6-22(18-19)29-24(20-9-14-25-15-10-20)21-11-16-26-17-12-21/h4-6,9-12,14-18,24H,2-3,7-8,13H2,1H3,(H,27,28). The molecule has 0 radical (unpaired) electrons. The third kappa shape index (κ3) is 6.42. The maximum atomic E-state index is 12.0. The minimum atomic E-state index is -0.256. The fraction of sp³-hybridized carbons (Fsp3) is 0.292. The fourth-order valence-electron chi connectivity index (χ4n) is 3.07. The zero-order chi connectivity index (χ0) is 20.3. The monoisotopic (exact) mass is 389 g/mol. The Hall–Kier alpha value is -3.21. The van der Waals surface area contributed by atoms with Crippen LogP contribution in [0.25, 0.3) is 0 Å². The molecule has 0 aliphatic heterocycles. The zero-order valence-electron chi connectivity index (χ0n) is 16.8. The Bertz CT molecular complexity index is 845. The molecule has 0 saturated heterocycles. The number of carbonyl (C=O) groups excluding carboxylic acids is 1. The molecule has 0 aliphatic carbocycles. The van der Waals surface area contributed by atoms with Gasteiger partial charge in [0.15, 0.2) is 0 Å². The Morgan fingerprint density at radius 2 is 1.66 bits per heavy atom. The van der Waals surface area contributed by atoms with E-state index in [1.54, 1.807) is 24.8 Å². The van der Waals surface area contributed by atoms with Crippen molar-refractivity contribution < 1.29 is 9.53 Å². The molecule has 0 unspecified atom stereocenters. The van der Waals surface area contributed by atoms with Crippen LogP contribution in [0.5, 0.6) is 5.75 Å². The molecule has 0 saturated carbocycles. The largest absolute Gasteiger partial charge is 0.481 e. The first kappa shape index (κ1) is 20.5. The summed E-state index contributed by atoms with van der Waals surface area (Å²) in [5, 5.41) is 2.96. The van der Waals surface area contributed by atoms with Gasteiger partial charge in [-0.3, -0.25) is 14.8 Å². The van der Waals surface area contributed by atoms with Crippen molar-refractivity contribution in [1.82, 2.24) is 15.3 Å². The van der Waals surface area contributed by atoms with E-state index in [2.05, 4.69) is 22.2 Å². The second-order valence-corrected chi connectivity index (χ2v) is 6.91. The topological polar surface area (TPSA) is 64.1 Å². The minimum Gasteiger partial charge on any atom is -0.481 e. The average molecular weight is 389 g/mol. The number of aryl methyl sites for hydroxylation is 1. The van der Waals surface area contributed by atoms with Crippen molar-refractivity contribution in [2.24, 2.45) is 0 Å². The van der Waals surface area contributed by atoms with Crippen LogP contribution in [0.3, 0.4) is 0 Å². The van der Waals surface area contributed by atoms with Gasteiger partial charge < -0.3 is 10.1 Å². The predicted octanol–water partition coefficient (Wildman–Crippen LogP) is 4.49. The Labute approximate surface area is 172 Å². The van der Waals surface area contributed by atoms with Gasteiger partial charge >= 0.3 is 0 Å². The zero-order valence-corrected chi connectivity index (χ0v) is 16.8. The lowest BCUT2D eigenvalue weighted by molar-refractivity contribution is -0.121. The fourth-order valence-corrected chi connectivity index (χ4v) is 3.07. The van der Waals surface area contributed by atoms with E-state index >= 15 is 0 Å². The van der Waals surface area contributed by atoms with Crippen molar-refractivity contribution in [3.05, 3.63) is 90.0 Å². The van der Waals surface area contributed by atoms with Crippen molar-refractivity contribution in [2.45, 2.75) is 38.7 Å². The van der Waals surface area contributed by atoms with E-state index in [4.69, 9.17) is 4.74 Å². The van der Waals surface area contributed by atoms with E-state index in [1.165, 1.54) is 0 Å². The quantitative estimate of drug-likeness (QED) is 0.519. The summed E-state index contributed by atoms with van der Waals surface area (Å²) in [6.07, 6.45) is 10.1. The van der Waals surface area contributed by atoms with Crippen molar-refractivity contribution in [3.63, 3.8) is 0 Å². The molecule has 150 valence electrons. The molecule has 3 rings (SSSR count). The summed E-state index contributed by atoms with van der Waals surface area (Å²) in [6.45, 7) is 2.86. The van der Waals surface area contributed by atoms with Crippen molar-refractivity contribution in [1.29, 1.82) is 0 Å². The van der Waals surface area contributed by atoms with E-state index in [-0.39, 0.29) is 12.0 Å². The highest BCUT2D eigenvalue weighted by molar-refractivity contribution is 5.76. The number of benzene rings is 1. The van der Waals surface area contributed by atoms with Crippen LogP contribution in [0.4, 0.5) is 0 Å². The second kappa shape index (κ2) is 11.0. The van der Waals surface area contributed by atoms with Crippen LogP contribution in [-0.2, 0) is 11.2 Å². The van der Waals surface area contributed by atoms with Gasteiger partial charge in [-0.05, 0) is 65.9 Å². The smallest absolute Gasteiger partial charge is 0.220 e. The molecule has 2 aromatic heterocycles. The summed E-state index contributed by atoms with van der Waals surface area (Å²) in [6, 6.07) is 15.8. The molecule has 1 amide bonds. The van der Waals surface area contributed by atoms with Crippen LogP contribution < -0.4 is 10.1 Å². The van der Waals surface area contributed by atoms with Crippen LogP contribution in [0.1, 0.15) is 49.0 Å². The van der Waals surface area contributed by atoms with Crippen LogP contribution in [0.2, 0.25) is 0 Å². The third-order valence-electron chi connectivity index (χ3n) is 4.66. The number of nitrogens with zero attached hydrogens (tertiary/aromatic N) is 2. The molecule has 0 spiro atoms. The van der Waals surface area contributed by atoms with Crippen LogP contribution in [0.15, 0.2) is 73.3 Å². The summed E-state index contributed by atoms with van der Waals surface area (Å²) >= 11 is 0. The first-order chi connectivity index (χ1) is 14.3. The molecule has 5 nitrogen and oxygen atoms in total. The molecule has 1 aromatic carbocycles. The van der Waals surface area contributed by atoms with Gasteiger partial charge in [0.05, 0.1) is 0 Å². The number of nitrogens with one attached hydrogen (secondary N) is 1. The van der Waals surface area contributed by atoms with Gasteiger partial charge in [-0.25, -0.2) is 0 Å². The number of unbranched alkanes of at least 4 members (excludes halogenated alkanes) is 1. The maximum Gasteiger partial charge on any atom is 0.220 e. The molecular weight excluding hydrogens is 362 g/mol. The first-order valence-electron chi connectivity index (χ1n) is 10.1. The highest BCUT2D eigenvalue weighted by Crippen LogP contribution is 2.28. The van der Waals surface area contributed by atoms with Crippen molar-refractivity contribution >= 4 is 5.91 Å². The lowest BCUT2D eigenvalue weighted by Gasteiger charge is -2.20. The SMILES string of the molecule is CCCCNC(=O)CCc1cccc(OC(c2ccncc2)c2ccncc2)c1. The number of hydrogen-bond donors (Lipinski definition) is 1. The van der Waals surface area contributed by atoms with Crippen molar-refractivity contribution in [2.75, 3.05) is 6.54 Å². The maximum absolute atomic E-state index is 12.0. The number of ether oxygens (including phenoxy) is 1. The van der Waals surface area contributed by atoms with Crippen LogP contribution >= 0.6 is 0 Å². The van der Waals surface area contributed by atoms with Gasteiger partial charge in [0.2, 0.25) is 5.91 Å². The Kier molecular flexibility index (Phi) is 7.75. The Morgan fingerprint density at radius 3 is 2.28 bits per heavy atom. The molecule has 0 bridgehead atoms. The summed E-state index contributed by atoms with van der Waals surface area (Å²) in [4.78, 5) is 20.2. The van der Waals surface area contributed by atoms with Crippen LogP contribution in [-0.4, -0.2) is 22.4 Å². The number of rotatable bonds is 10. The lowest BCUT2D eigenvalue weighted by Crippen LogP contribution is -2.24. The van der Waals surface area contributed by atoms with Gasteiger partial charge in [-0.1, -0.05) is 25.5 Å². The van der Waals surface area contributed by atoms with E-state index in [1.807, 2.05) is 48.5 Å². The van der Waals surface area contributed by atoms with Crippen molar-refractivity contribution in [3.8, 4) is 5.75 Å². The molecule has 1 N–H and O–H groups in total. The molecule has 2 heterocycles.